The number of rotatable bonds is 4. The van der Waals surface area contributed by atoms with Gasteiger partial charge in [0.15, 0.2) is 5.76 Å². The molecule has 23 heavy (non-hydrogen) atoms. The topological polar surface area (TPSA) is 44.5 Å². The third kappa shape index (κ3) is 3.28. The molecule has 0 fully saturated rings. The van der Waals surface area contributed by atoms with Crippen LogP contribution < -0.4 is 9.47 Å². The number of ether oxygens (including phenoxy) is 2. The number of hydrogen-bond acceptors (Lipinski definition) is 4. The van der Waals surface area contributed by atoms with Crippen molar-refractivity contribution in [2.75, 3.05) is 14.2 Å². The number of aromatic nitrogens is 1. The van der Waals surface area contributed by atoms with Crippen molar-refractivity contribution in [1.29, 1.82) is 0 Å². The average molecular weight is 439 g/mol. The Labute approximate surface area is 150 Å². The summed E-state index contributed by atoms with van der Waals surface area (Å²) in [5.74, 6) is 2.25. The summed E-state index contributed by atoms with van der Waals surface area (Å²) in [5.41, 5.74) is 2.61. The van der Waals surface area contributed by atoms with Crippen molar-refractivity contribution in [2.45, 2.75) is 0 Å². The number of benzene rings is 2. The molecule has 0 saturated heterocycles. The van der Waals surface area contributed by atoms with Gasteiger partial charge in [-0.3, -0.25) is 0 Å². The molecular weight excluding hydrogens is 426 g/mol. The van der Waals surface area contributed by atoms with E-state index in [9.17, 15) is 0 Å². The van der Waals surface area contributed by atoms with Gasteiger partial charge in [-0.15, -0.1) is 0 Å². The number of methoxy groups -OCH3 is 2. The molecule has 6 heteroatoms. The lowest BCUT2D eigenvalue weighted by Gasteiger charge is -2.07. The Hall–Kier alpha value is -1.79. The predicted molar refractivity (Wildman–Crippen MR) is 95.9 cm³/mol. The zero-order valence-corrected chi connectivity index (χ0v) is 15.6. The third-order valence-electron chi connectivity index (χ3n) is 3.38. The molecule has 0 N–H and O–H groups in total. The van der Waals surface area contributed by atoms with Crippen molar-refractivity contribution in [3.8, 4) is 34.1 Å². The van der Waals surface area contributed by atoms with Crippen molar-refractivity contribution in [2.24, 2.45) is 0 Å². The fourth-order valence-corrected chi connectivity index (χ4v) is 3.72. The minimum absolute atomic E-state index is 0.700. The van der Waals surface area contributed by atoms with Gasteiger partial charge < -0.3 is 14.0 Å². The van der Waals surface area contributed by atoms with Crippen LogP contribution in [-0.4, -0.2) is 19.4 Å². The van der Waals surface area contributed by atoms with Gasteiger partial charge in [-0.05, 0) is 68.3 Å². The highest BCUT2D eigenvalue weighted by Crippen LogP contribution is 2.38. The van der Waals surface area contributed by atoms with Crippen LogP contribution in [-0.2, 0) is 0 Å². The first kappa shape index (κ1) is 16.1. The van der Waals surface area contributed by atoms with Crippen molar-refractivity contribution in [3.05, 3.63) is 51.4 Å². The van der Waals surface area contributed by atoms with Crippen molar-refractivity contribution in [1.82, 2.24) is 5.16 Å². The van der Waals surface area contributed by atoms with Crippen LogP contribution in [0.5, 0.6) is 11.5 Å². The molecule has 2 aromatic carbocycles. The normalized spacial score (nSPS) is 10.6. The molecule has 118 valence electrons. The fraction of sp³-hybridized carbons (Fsp3) is 0.118. The zero-order chi connectivity index (χ0) is 16.4. The summed E-state index contributed by atoms with van der Waals surface area (Å²) in [5, 5.41) is 4.15. The molecular formula is C17H13Br2NO3. The molecule has 3 rings (SSSR count). The Kier molecular flexibility index (Phi) is 4.73. The van der Waals surface area contributed by atoms with E-state index >= 15 is 0 Å². The number of hydrogen-bond donors (Lipinski definition) is 0. The average Bonchev–Trinajstić information content (AvgIpc) is 3.04. The molecule has 1 heterocycles. The molecule has 0 unspecified atom stereocenters. The van der Waals surface area contributed by atoms with Gasteiger partial charge in [0.2, 0.25) is 0 Å². The maximum Gasteiger partial charge on any atom is 0.167 e. The Morgan fingerprint density at radius 3 is 2.09 bits per heavy atom. The monoisotopic (exact) mass is 437 g/mol. The fourth-order valence-electron chi connectivity index (χ4n) is 2.21. The molecule has 0 spiro atoms. The molecule has 3 aromatic rings. The second-order valence-corrected chi connectivity index (χ2v) is 6.49. The van der Waals surface area contributed by atoms with E-state index in [2.05, 4.69) is 37.0 Å². The summed E-state index contributed by atoms with van der Waals surface area (Å²) >= 11 is 6.99. The van der Waals surface area contributed by atoms with Gasteiger partial charge in [-0.25, -0.2) is 0 Å². The summed E-state index contributed by atoms with van der Waals surface area (Å²) < 4.78 is 17.6. The minimum atomic E-state index is 0.700. The largest absolute Gasteiger partial charge is 0.497 e. The lowest BCUT2D eigenvalue weighted by atomic mass is 10.1. The second kappa shape index (κ2) is 6.76. The van der Waals surface area contributed by atoms with Crippen LogP contribution in [0.3, 0.4) is 0 Å². The van der Waals surface area contributed by atoms with Crippen LogP contribution in [0.15, 0.2) is 55.9 Å². The predicted octanol–water partition coefficient (Wildman–Crippen LogP) is 5.55. The van der Waals surface area contributed by atoms with E-state index in [0.717, 1.165) is 37.3 Å². The maximum absolute atomic E-state index is 5.46. The molecule has 0 bridgehead atoms. The second-order valence-electron chi connectivity index (χ2n) is 4.78. The highest BCUT2D eigenvalue weighted by atomic mass is 79.9. The quantitative estimate of drug-likeness (QED) is 0.535. The Morgan fingerprint density at radius 2 is 1.52 bits per heavy atom. The summed E-state index contributed by atoms with van der Waals surface area (Å²) in [6.07, 6.45) is 0. The zero-order valence-electron chi connectivity index (χ0n) is 12.5. The van der Waals surface area contributed by atoms with E-state index in [1.54, 1.807) is 14.2 Å². The molecule has 1 aromatic heterocycles. The van der Waals surface area contributed by atoms with E-state index < -0.39 is 0 Å². The standard InChI is InChI=1S/C17H13Br2NO3/c1-21-12-5-3-10(4-6-12)16-9-15(20-23-16)11-7-13(18)17(22-2)14(19)8-11/h3-9H,1-2H3. The van der Waals surface area contributed by atoms with E-state index in [4.69, 9.17) is 14.0 Å². The molecule has 0 amide bonds. The lowest BCUT2D eigenvalue weighted by Crippen LogP contribution is -1.87. The van der Waals surface area contributed by atoms with Crippen LogP contribution in [0, 0.1) is 0 Å². The van der Waals surface area contributed by atoms with Gasteiger partial charge >= 0.3 is 0 Å². The molecule has 0 atom stereocenters. The first-order valence-electron chi connectivity index (χ1n) is 6.77. The van der Waals surface area contributed by atoms with Crippen LogP contribution in [0.2, 0.25) is 0 Å². The van der Waals surface area contributed by atoms with Crippen molar-refractivity contribution < 1.29 is 14.0 Å². The Morgan fingerprint density at radius 1 is 0.870 bits per heavy atom. The summed E-state index contributed by atoms with van der Waals surface area (Å²) in [7, 11) is 3.27. The van der Waals surface area contributed by atoms with E-state index in [1.807, 2.05) is 42.5 Å². The lowest BCUT2D eigenvalue weighted by molar-refractivity contribution is 0.409. The Bertz CT molecular complexity index is 805. The molecule has 0 aliphatic heterocycles. The van der Waals surface area contributed by atoms with Crippen LogP contribution in [0.4, 0.5) is 0 Å². The van der Waals surface area contributed by atoms with Gasteiger partial charge in [-0.2, -0.15) is 0 Å². The highest BCUT2D eigenvalue weighted by molar-refractivity contribution is 9.11. The van der Waals surface area contributed by atoms with E-state index in [1.165, 1.54) is 0 Å². The first-order chi connectivity index (χ1) is 11.1. The van der Waals surface area contributed by atoms with Crippen LogP contribution in [0.25, 0.3) is 22.6 Å². The van der Waals surface area contributed by atoms with Gasteiger partial charge in [0.25, 0.3) is 0 Å². The SMILES string of the molecule is COc1ccc(-c2cc(-c3cc(Br)c(OC)c(Br)c3)no2)cc1. The smallest absolute Gasteiger partial charge is 0.167 e. The van der Waals surface area contributed by atoms with Gasteiger partial charge in [0, 0.05) is 17.2 Å². The number of nitrogens with zero attached hydrogens (tertiary/aromatic N) is 1. The summed E-state index contributed by atoms with van der Waals surface area (Å²) in [4.78, 5) is 0. The highest BCUT2D eigenvalue weighted by Gasteiger charge is 2.13. The van der Waals surface area contributed by atoms with Gasteiger partial charge in [-0.1, -0.05) is 5.16 Å². The van der Waals surface area contributed by atoms with Gasteiger partial charge in [0.05, 0.1) is 23.2 Å². The summed E-state index contributed by atoms with van der Waals surface area (Å²) in [6.45, 7) is 0. The molecule has 0 radical (unpaired) electrons. The number of halogens is 2. The minimum Gasteiger partial charge on any atom is -0.497 e. The van der Waals surface area contributed by atoms with Crippen molar-refractivity contribution >= 4 is 31.9 Å². The maximum atomic E-state index is 5.46. The van der Waals surface area contributed by atoms with E-state index in [0.29, 0.717) is 5.76 Å². The molecule has 0 aliphatic carbocycles. The molecule has 0 saturated carbocycles. The third-order valence-corrected chi connectivity index (χ3v) is 4.56. The van der Waals surface area contributed by atoms with Crippen LogP contribution in [0.1, 0.15) is 0 Å². The summed E-state index contributed by atoms with van der Waals surface area (Å²) in [6, 6.07) is 13.4. The molecule has 0 aliphatic rings. The molecule has 4 nitrogen and oxygen atoms in total. The van der Waals surface area contributed by atoms with Gasteiger partial charge in [0.1, 0.15) is 17.2 Å². The van der Waals surface area contributed by atoms with Crippen LogP contribution >= 0.6 is 31.9 Å². The Balaban J connectivity index is 1.95. The van der Waals surface area contributed by atoms with E-state index in [-0.39, 0.29) is 0 Å². The van der Waals surface area contributed by atoms with Crippen molar-refractivity contribution in [3.63, 3.8) is 0 Å². The first-order valence-corrected chi connectivity index (χ1v) is 8.35.